The molecule has 1 fully saturated rings. The summed E-state index contributed by atoms with van der Waals surface area (Å²) in [7, 11) is 0. The van der Waals surface area contributed by atoms with Crippen molar-refractivity contribution in [2.75, 3.05) is 31.2 Å². The first-order valence-electron chi connectivity index (χ1n) is 8.17. The van der Waals surface area contributed by atoms with Crippen LogP contribution in [-0.2, 0) is 4.74 Å². The zero-order valence-corrected chi connectivity index (χ0v) is 14.8. The summed E-state index contributed by atoms with van der Waals surface area (Å²) in [6.07, 6.45) is 0. The molecule has 0 unspecified atom stereocenters. The number of halogens is 1. The van der Waals surface area contributed by atoms with Crippen molar-refractivity contribution in [2.45, 2.75) is 6.92 Å². The minimum Gasteiger partial charge on any atom is -0.378 e. The van der Waals surface area contributed by atoms with Crippen LogP contribution in [0.15, 0.2) is 53.6 Å². The number of hydrazone groups is 1. The van der Waals surface area contributed by atoms with E-state index in [0.29, 0.717) is 10.6 Å². The Labute approximate surface area is 152 Å². The van der Waals surface area contributed by atoms with Crippen molar-refractivity contribution in [1.29, 1.82) is 0 Å². The number of ether oxygens (including phenoxy) is 1. The van der Waals surface area contributed by atoms with Gasteiger partial charge in [0.15, 0.2) is 0 Å². The van der Waals surface area contributed by atoms with E-state index in [-0.39, 0.29) is 5.91 Å². The molecule has 130 valence electrons. The van der Waals surface area contributed by atoms with Crippen LogP contribution in [0.5, 0.6) is 0 Å². The molecule has 25 heavy (non-hydrogen) atoms. The molecule has 1 heterocycles. The van der Waals surface area contributed by atoms with E-state index in [1.165, 1.54) is 5.69 Å². The summed E-state index contributed by atoms with van der Waals surface area (Å²) in [6.45, 7) is 5.18. The molecule has 3 rings (SSSR count). The lowest BCUT2D eigenvalue weighted by Gasteiger charge is -2.28. The molecule has 0 radical (unpaired) electrons. The first-order chi connectivity index (χ1) is 12.1. The van der Waals surface area contributed by atoms with E-state index in [1.54, 1.807) is 24.3 Å². The van der Waals surface area contributed by atoms with Crippen LogP contribution in [-0.4, -0.2) is 37.9 Å². The Hall–Kier alpha value is -2.37. The smallest absolute Gasteiger partial charge is 0.272 e. The highest BCUT2D eigenvalue weighted by atomic mass is 35.5. The van der Waals surface area contributed by atoms with E-state index in [0.717, 1.165) is 37.6 Å². The molecule has 0 aromatic heterocycles. The van der Waals surface area contributed by atoms with Gasteiger partial charge in [-0.15, -0.1) is 0 Å². The summed E-state index contributed by atoms with van der Waals surface area (Å²) in [5.41, 5.74) is 5.81. The van der Waals surface area contributed by atoms with Crippen molar-refractivity contribution in [3.63, 3.8) is 0 Å². The van der Waals surface area contributed by atoms with E-state index in [2.05, 4.69) is 27.6 Å². The van der Waals surface area contributed by atoms with Gasteiger partial charge in [-0.1, -0.05) is 35.9 Å². The summed E-state index contributed by atoms with van der Waals surface area (Å²) in [4.78, 5) is 14.4. The maximum absolute atomic E-state index is 12.1. The number of hydrogen-bond acceptors (Lipinski definition) is 4. The molecule has 2 aromatic rings. The van der Waals surface area contributed by atoms with Crippen LogP contribution >= 0.6 is 11.6 Å². The first-order valence-corrected chi connectivity index (χ1v) is 8.55. The van der Waals surface area contributed by atoms with Crippen LogP contribution in [0.2, 0.25) is 5.02 Å². The largest absolute Gasteiger partial charge is 0.378 e. The molecule has 1 amide bonds. The third-order valence-corrected chi connectivity index (χ3v) is 4.43. The van der Waals surface area contributed by atoms with E-state index in [9.17, 15) is 4.79 Å². The first kappa shape index (κ1) is 17.5. The molecule has 1 aliphatic heterocycles. The lowest BCUT2D eigenvalue weighted by Crippen LogP contribution is -2.36. The third kappa shape index (κ3) is 4.38. The molecule has 2 aromatic carbocycles. The van der Waals surface area contributed by atoms with Crippen molar-refractivity contribution in [3.8, 4) is 0 Å². The van der Waals surface area contributed by atoms with Crippen LogP contribution in [0.25, 0.3) is 0 Å². The van der Waals surface area contributed by atoms with Gasteiger partial charge in [0, 0.05) is 18.8 Å². The normalized spacial score (nSPS) is 15.1. The molecule has 1 aliphatic rings. The second-order valence-corrected chi connectivity index (χ2v) is 6.17. The molecule has 6 heteroatoms. The summed E-state index contributed by atoms with van der Waals surface area (Å²) in [6, 6.07) is 15.0. The van der Waals surface area contributed by atoms with Crippen LogP contribution in [0.1, 0.15) is 22.8 Å². The van der Waals surface area contributed by atoms with Crippen LogP contribution < -0.4 is 10.3 Å². The van der Waals surface area contributed by atoms with E-state index >= 15 is 0 Å². The van der Waals surface area contributed by atoms with E-state index < -0.39 is 0 Å². The van der Waals surface area contributed by atoms with E-state index in [1.807, 2.05) is 19.1 Å². The number of rotatable bonds is 4. The van der Waals surface area contributed by atoms with Gasteiger partial charge in [0.05, 0.1) is 29.5 Å². The van der Waals surface area contributed by atoms with Crippen molar-refractivity contribution in [1.82, 2.24) is 5.43 Å². The Morgan fingerprint density at radius 1 is 1.12 bits per heavy atom. The van der Waals surface area contributed by atoms with Gasteiger partial charge in [0.1, 0.15) is 0 Å². The number of nitrogens with zero attached hydrogens (tertiary/aromatic N) is 2. The molecule has 5 nitrogen and oxygen atoms in total. The standard InChI is InChI=1S/C19H20ClN3O2/c1-14(21-22-19(24)17-4-2-3-5-18(17)20)15-6-8-16(9-7-15)23-10-12-25-13-11-23/h2-9H,10-13H2,1H3,(H,22,24)/b21-14-. The highest BCUT2D eigenvalue weighted by Crippen LogP contribution is 2.17. The number of carbonyl (C=O) groups is 1. The van der Waals surface area contributed by atoms with Gasteiger partial charge in [-0.05, 0) is 36.8 Å². The average Bonchev–Trinajstić information content (AvgIpc) is 2.67. The molecule has 0 spiro atoms. The van der Waals surface area contributed by atoms with Gasteiger partial charge in [-0.3, -0.25) is 4.79 Å². The summed E-state index contributed by atoms with van der Waals surface area (Å²) < 4.78 is 5.37. The number of anilines is 1. The number of hydrogen-bond donors (Lipinski definition) is 1. The summed E-state index contributed by atoms with van der Waals surface area (Å²) in [5.74, 6) is -0.324. The van der Waals surface area contributed by atoms with Crippen LogP contribution in [0.3, 0.4) is 0 Å². The van der Waals surface area contributed by atoms with Crippen molar-refractivity contribution < 1.29 is 9.53 Å². The van der Waals surface area contributed by atoms with Gasteiger partial charge in [-0.2, -0.15) is 5.10 Å². The lowest BCUT2D eigenvalue weighted by atomic mass is 10.1. The van der Waals surface area contributed by atoms with Crippen LogP contribution in [0, 0.1) is 0 Å². The maximum atomic E-state index is 12.1. The van der Waals surface area contributed by atoms with Gasteiger partial charge in [0.2, 0.25) is 0 Å². The minimum absolute atomic E-state index is 0.324. The molecular formula is C19H20ClN3O2. The molecule has 0 saturated carbocycles. The number of amides is 1. The molecule has 0 bridgehead atoms. The monoisotopic (exact) mass is 357 g/mol. The Bertz CT molecular complexity index is 768. The van der Waals surface area contributed by atoms with Crippen molar-refractivity contribution in [2.24, 2.45) is 5.10 Å². The molecular weight excluding hydrogens is 338 g/mol. The molecule has 0 atom stereocenters. The number of nitrogens with one attached hydrogen (secondary N) is 1. The average molecular weight is 358 g/mol. The van der Waals surface area contributed by atoms with E-state index in [4.69, 9.17) is 16.3 Å². The molecule has 1 saturated heterocycles. The van der Waals surface area contributed by atoms with Gasteiger partial charge in [0.25, 0.3) is 5.91 Å². The summed E-state index contributed by atoms with van der Waals surface area (Å²) >= 11 is 6.02. The molecule has 0 aliphatic carbocycles. The molecule has 1 N–H and O–H groups in total. The van der Waals surface area contributed by atoms with Gasteiger partial charge >= 0.3 is 0 Å². The van der Waals surface area contributed by atoms with Crippen LogP contribution in [0.4, 0.5) is 5.69 Å². The van der Waals surface area contributed by atoms with Crippen molar-refractivity contribution in [3.05, 3.63) is 64.7 Å². The zero-order chi connectivity index (χ0) is 17.6. The predicted molar refractivity (Wildman–Crippen MR) is 101 cm³/mol. The fourth-order valence-corrected chi connectivity index (χ4v) is 2.86. The predicted octanol–water partition coefficient (Wildman–Crippen LogP) is 3.33. The Balaban J connectivity index is 1.66. The fraction of sp³-hybridized carbons (Fsp3) is 0.263. The number of morpholine rings is 1. The fourth-order valence-electron chi connectivity index (χ4n) is 2.64. The Morgan fingerprint density at radius 3 is 2.48 bits per heavy atom. The Kier molecular flexibility index (Phi) is 5.68. The van der Waals surface area contributed by atoms with Gasteiger partial charge in [-0.25, -0.2) is 5.43 Å². The zero-order valence-electron chi connectivity index (χ0n) is 14.0. The second-order valence-electron chi connectivity index (χ2n) is 5.76. The van der Waals surface area contributed by atoms with Crippen molar-refractivity contribution >= 4 is 28.9 Å². The highest BCUT2D eigenvalue weighted by Gasteiger charge is 2.11. The number of benzene rings is 2. The highest BCUT2D eigenvalue weighted by molar-refractivity contribution is 6.33. The second kappa shape index (κ2) is 8.14. The number of carbonyl (C=O) groups excluding carboxylic acids is 1. The van der Waals surface area contributed by atoms with Gasteiger partial charge < -0.3 is 9.64 Å². The maximum Gasteiger partial charge on any atom is 0.272 e. The lowest BCUT2D eigenvalue weighted by molar-refractivity contribution is 0.0955. The minimum atomic E-state index is -0.324. The SMILES string of the molecule is C/C(=N/NC(=O)c1ccccc1Cl)c1ccc(N2CCOCC2)cc1. The topological polar surface area (TPSA) is 53.9 Å². The summed E-state index contributed by atoms with van der Waals surface area (Å²) in [5, 5.41) is 4.58. The quantitative estimate of drug-likeness (QED) is 0.674. The third-order valence-electron chi connectivity index (χ3n) is 4.10. The Morgan fingerprint density at radius 2 is 1.80 bits per heavy atom.